The molecule has 102 valence electrons. The zero-order chi connectivity index (χ0) is 14.0. The van der Waals surface area contributed by atoms with Crippen LogP contribution in [0.15, 0.2) is 33.9 Å². The summed E-state index contributed by atoms with van der Waals surface area (Å²) in [5.74, 6) is 0.124. The Hall–Kier alpha value is -1.41. The minimum Gasteiger partial charge on any atom is -0.332 e. The van der Waals surface area contributed by atoms with Crippen molar-refractivity contribution in [3.8, 4) is 0 Å². The number of halogens is 2. The van der Waals surface area contributed by atoms with Crippen LogP contribution >= 0.6 is 15.9 Å². The third kappa shape index (κ3) is 3.13. The molecule has 0 amide bonds. The van der Waals surface area contributed by atoms with Gasteiger partial charge in [-0.3, -0.25) is 4.72 Å². The van der Waals surface area contributed by atoms with E-state index in [1.807, 2.05) is 6.92 Å². The number of aromatic amines is 1. The molecule has 0 aliphatic rings. The van der Waals surface area contributed by atoms with E-state index in [4.69, 9.17) is 0 Å². The van der Waals surface area contributed by atoms with E-state index in [9.17, 15) is 12.8 Å². The molecule has 0 aliphatic carbocycles. The van der Waals surface area contributed by atoms with E-state index in [-0.39, 0.29) is 15.2 Å². The molecule has 0 aliphatic heterocycles. The summed E-state index contributed by atoms with van der Waals surface area (Å²) in [6.45, 7) is 1.86. The predicted molar refractivity (Wildman–Crippen MR) is 72.9 cm³/mol. The third-order valence-corrected chi connectivity index (χ3v) is 4.30. The Bertz CT molecular complexity index is 700. The number of hydrogen-bond acceptors (Lipinski definition) is 3. The largest absolute Gasteiger partial charge is 0.332 e. The summed E-state index contributed by atoms with van der Waals surface area (Å²) < 4.78 is 39.7. The maximum absolute atomic E-state index is 13.1. The Morgan fingerprint density at radius 3 is 2.79 bits per heavy atom. The number of nitrogens with zero attached hydrogens (tertiary/aromatic N) is 1. The Morgan fingerprint density at radius 2 is 2.21 bits per heavy atom. The highest BCUT2D eigenvalue weighted by molar-refractivity contribution is 9.10. The average Bonchev–Trinajstić information content (AvgIpc) is 2.83. The first-order chi connectivity index (χ1) is 8.92. The fourth-order valence-corrected chi connectivity index (χ4v) is 2.80. The number of imidazole rings is 1. The van der Waals surface area contributed by atoms with Gasteiger partial charge in [-0.15, -0.1) is 0 Å². The van der Waals surface area contributed by atoms with Crippen LogP contribution in [0.4, 0.5) is 10.1 Å². The molecule has 2 aromatic rings. The minimum atomic E-state index is -3.74. The molecule has 1 aromatic carbocycles. The van der Waals surface area contributed by atoms with Crippen molar-refractivity contribution in [1.29, 1.82) is 0 Å². The lowest BCUT2D eigenvalue weighted by Crippen LogP contribution is -2.13. The van der Waals surface area contributed by atoms with E-state index in [0.29, 0.717) is 12.2 Å². The number of hydrogen-bond donors (Lipinski definition) is 2. The average molecular weight is 348 g/mol. The number of nitrogens with one attached hydrogen (secondary N) is 2. The normalized spacial score (nSPS) is 11.5. The summed E-state index contributed by atoms with van der Waals surface area (Å²) in [7, 11) is -3.74. The van der Waals surface area contributed by atoms with Gasteiger partial charge in [0, 0.05) is 6.42 Å². The minimum absolute atomic E-state index is 0.0233. The summed E-state index contributed by atoms with van der Waals surface area (Å²) in [5, 5.41) is -0.0233. The fraction of sp³-hybridized carbons (Fsp3) is 0.182. The van der Waals surface area contributed by atoms with Gasteiger partial charge in [-0.25, -0.2) is 9.37 Å². The zero-order valence-electron chi connectivity index (χ0n) is 9.94. The first-order valence-electron chi connectivity index (χ1n) is 5.44. The molecule has 0 spiro atoms. The van der Waals surface area contributed by atoms with Crippen molar-refractivity contribution >= 4 is 31.6 Å². The molecule has 19 heavy (non-hydrogen) atoms. The molecule has 0 fully saturated rings. The molecule has 1 heterocycles. The first kappa shape index (κ1) is 14.0. The van der Waals surface area contributed by atoms with Crippen molar-refractivity contribution in [1.82, 2.24) is 9.97 Å². The zero-order valence-corrected chi connectivity index (χ0v) is 12.3. The lowest BCUT2D eigenvalue weighted by molar-refractivity contribution is 0.597. The predicted octanol–water partition coefficient (Wildman–Crippen LogP) is 2.67. The molecule has 0 unspecified atom stereocenters. The number of anilines is 1. The molecular weight excluding hydrogens is 337 g/mol. The molecule has 5 nitrogen and oxygen atoms in total. The number of aromatic nitrogens is 2. The van der Waals surface area contributed by atoms with E-state index >= 15 is 0 Å². The van der Waals surface area contributed by atoms with Crippen molar-refractivity contribution in [2.24, 2.45) is 0 Å². The molecule has 2 rings (SSSR count). The highest BCUT2D eigenvalue weighted by Gasteiger charge is 2.17. The Morgan fingerprint density at radius 1 is 1.47 bits per heavy atom. The number of benzene rings is 1. The van der Waals surface area contributed by atoms with Crippen LogP contribution in [-0.2, 0) is 16.4 Å². The van der Waals surface area contributed by atoms with Gasteiger partial charge in [0.25, 0.3) is 10.0 Å². The van der Waals surface area contributed by atoms with Gasteiger partial charge in [-0.2, -0.15) is 8.42 Å². The summed E-state index contributed by atoms with van der Waals surface area (Å²) in [5.41, 5.74) is 0.265. The molecule has 0 saturated heterocycles. The molecule has 8 heteroatoms. The smallest absolute Gasteiger partial charge is 0.278 e. The Labute approximate surface area is 118 Å². The van der Waals surface area contributed by atoms with E-state index in [0.717, 1.165) is 0 Å². The van der Waals surface area contributed by atoms with Crippen molar-refractivity contribution < 1.29 is 12.8 Å². The number of H-pyrrole nitrogens is 1. The molecule has 0 atom stereocenters. The Kier molecular flexibility index (Phi) is 3.91. The van der Waals surface area contributed by atoms with Gasteiger partial charge in [0.15, 0.2) is 5.03 Å². The van der Waals surface area contributed by atoms with Crippen LogP contribution in [0.2, 0.25) is 0 Å². The lowest BCUT2D eigenvalue weighted by atomic mass is 10.3. The third-order valence-electron chi connectivity index (χ3n) is 2.40. The molecule has 1 aromatic heterocycles. The molecular formula is C11H11BrFN3O2S. The summed E-state index contributed by atoms with van der Waals surface area (Å²) in [6, 6.07) is 3.87. The highest BCUT2D eigenvalue weighted by Crippen LogP contribution is 2.22. The maximum Gasteiger partial charge on any atom is 0.278 e. The number of sulfonamides is 1. The van der Waals surface area contributed by atoms with Crippen LogP contribution in [0.1, 0.15) is 12.7 Å². The van der Waals surface area contributed by atoms with Gasteiger partial charge in [0.2, 0.25) is 0 Å². The first-order valence-corrected chi connectivity index (χ1v) is 7.71. The Balaban J connectivity index is 2.28. The monoisotopic (exact) mass is 347 g/mol. The van der Waals surface area contributed by atoms with Gasteiger partial charge < -0.3 is 4.98 Å². The lowest BCUT2D eigenvalue weighted by Gasteiger charge is -2.06. The second-order valence-electron chi connectivity index (χ2n) is 3.78. The van der Waals surface area contributed by atoms with E-state index in [1.165, 1.54) is 24.4 Å². The highest BCUT2D eigenvalue weighted by atomic mass is 79.9. The van der Waals surface area contributed by atoms with Gasteiger partial charge in [-0.1, -0.05) is 6.92 Å². The maximum atomic E-state index is 13.1. The topological polar surface area (TPSA) is 74.8 Å². The van der Waals surface area contributed by atoms with Crippen molar-refractivity contribution in [2.45, 2.75) is 18.4 Å². The summed E-state index contributed by atoms with van der Waals surface area (Å²) in [6.07, 6.45) is 1.86. The second kappa shape index (κ2) is 5.30. The van der Waals surface area contributed by atoms with Crippen LogP contribution in [0, 0.1) is 5.82 Å². The van der Waals surface area contributed by atoms with E-state index in [2.05, 4.69) is 30.6 Å². The van der Waals surface area contributed by atoms with Crippen LogP contribution in [0.25, 0.3) is 0 Å². The van der Waals surface area contributed by atoms with Crippen LogP contribution in [0.3, 0.4) is 0 Å². The van der Waals surface area contributed by atoms with Gasteiger partial charge >= 0.3 is 0 Å². The molecule has 2 N–H and O–H groups in total. The quantitative estimate of drug-likeness (QED) is 0.892. The van der Waals surface area contributed by atoms with E-state index < -0.39 is 15.8 Å². The van der Waals surface area contributed by atoms with Crippen LogP contribution in [0.5, 0.6) is 0 Å². The molecule has 0 bridgehead atoms. The fourth-order valence-electron chi connectivity index (χ4n) is 1.43. The van der Waals surface area contributed by atoms with E-state index in [1.54, 1.807) is 0 Å². The van der Waals surface area contributed by atoms with Crippen LogP contribution in [-0.4, -0.2) is 18.4 Å². The summed E-state index contributed by atoms with van der Waals surface area (Å²) >= 11 is 3.00. The van der Waals surface area contributed by atoms with Gasteiger partial charge in [0.1, 0.15) is 11.6 Å². The SMILES string of the molecule is CCc1ncc(S(=O)(=O)Nc2ccc(F)c(Br)c2)[nH]1. The second-order valence-corrected chi connectivity index (χ2v) is 6.29. The van der Waals surface area contributed by atoms with Gasteiger partial charge in [0.05, 0.1) is 16.4 Å². The summed E-state index contributed by atoms with van der Waals surface area (Å²) in [4.78, 5) is 6.63. The molecule has 0 radical (unpaired) electrons. The number of aryl methyl sites for hydroxylation is 1. The van der Waals surface area contributed by atoms with Crippen molar-refractivity contribution in [3.63, 3.8) is 0 Å². The van der Waals surface area contributed by atoms with Crippen molar-refractivity contribution in [2.75, 3.05) is 4.72 Å². The van der Waals surface area contributed by atoms with Crippen LogP contribution < -0.4 is 4.72 Å². The molecule has 0 saturated carbocycles. The standard InChI is InChI=1S/C11H11BrFN3O2S/c1-2-10-14-6-11(15-10)19(17,18)16-7-3-4-9(13)8(12)5-7/h3-6,16H,2H2,1H3,(H,14,15). The van der Waals surface area contributed by atoms with Gasteiger partial charge in [-0.05, 0) is 34.1 Å². The van der Waals surface area contributed by atoms with Crippen molar-refractivity contribution in [3.05, 3.63) is 40.5 Å². The number of rotatable bonds is 4.